The number of carbonyl (C=O) groups excluding carboxylic acids is 1. The molecular weight excluding hydrogens is 254 g/mol. The van der Waals surface area contributed by atoms with Crippen molar-refractivity contribution < 1.29 is 9.21 Å². The Kier molecular flexibility index (Phi) is 2.82. The normalized spacial score (nSPS) is 10.9. The predicted molar refractivity (Wildman–Crippen MR) is 77.0 cm³/mol. The van der Waals surface area contributed by atoms with Crippen molar-refractivity contribution in [2.75, 3.05) is 5.32 Å². The number of hydrogen-bond acceptors (Lipinski definition) is 3. The molecule has 5 nitrogen and oxygen atoms in total. The van der Waals surface area contributed by atoms with E-state index in [1.165, 1.54) is 0 Å². The lowest BCUT2D eigenvalue weighted by Gasteiger charge is -2.02. The van der Waals surface area contributed by atoms with Crippen LogP contribution in [0.1, 0.15) is 27.5 Å². The number of aromatic nitrogens is 2. The van der Waals surface area contributed by atoms with E-state index in [9.17, 15) is 4.79 Å². The van der Waals surface area contributed by atoms with Gasteiger partial charge in [0.25, 0.3) is 5.91 Å². The fourth-order valence-corrected chi connectivity index (χ4v) is 2.16. The molecular formula is C15H15N3O2. The number of rotatable bonds is 2. The molecule has 0 bridgehead atoms. The van der Waals surface area contributed by atoms with Crippen molar-refractivity contribution in [2.45, 2.75) is 20.8 Å². The Morgan fingerprint density at radius 3 is 2.75 bits per heavy atom. The van der Waals surface area contributed by atoms with E-state index >= 15 is 0 Å². The minimum absolute atomic E-state index is 0.272. The maximum Gasteiger partial charge on any atom is 0.291 e. The van der Waals surface area contributed by atoms with Gasteiger partial charge < -0.3 is 9.73 Å². The second kappa shape index (κ2) is 4.52. The molecule has 0 spiro atoms. The second-order valence-electron chi connectivity index (χ2n) is 4.92. The zero-order chi connectivity index (χ0) is 14.3. The Morgan fingerprint density at radius 1 is 1.25 bits per heavy atom. The molecule has 0 radical (unpaired) electrons. The molecule has 5 heteroatoms. The number of hydrogen-bond donors (Lipinski definition) is 2. The van der Waals surface area contributed by atoms with Crippen molar-refractivity contribution in [3.05, 3.63) is 47.0 Å². The average Bonchev–Trinajstić information content (AvgIpc) is 2.96. The number of H-pyrrole nitrogens is 1. The Hall–Kier alpha value is -2.56. The standard InChI is InChI=1S/C15H15N3O2/c1-8-4-5-11-7-13(20-12(11)6-8)15(19)16-14-9(2)17-18-10(14)3/h4-7H,1-3H3,(H,16,19)(H,17,18). The minimum Gasteiger partial charge on any atom is -0.451 e. The van der Waals surface area contributed by atoms with Crippen molar-refractivity contribution in [3.8, 4) is 0 Å². The number of aryl methyl sites for hydroxylation is 3. The summed E-state index contributed by atoms with van der Waals surface area (Å²) < 4.78 is 5.60. The van der Waals surface area contributed by atoms with E-state index in [-0.39, 0.29) is 5.91 Å². The third kappa shape index (κ3) is 2.07. The summed E-state index contributed by atoms with van der Waals surface area (Å²) in [5.41, 5.74) is 4.09. The van der Waals surface area contributed by atoms with Crippen LogP contribution < -0.4 is 5.32 Å². The SMILES string of the molecule is Cc1ccc2cc(C(=O)Nc3c(C)n[nH]c3C)oc2c1. The van der Waals surface area contributed by atoms with Crippen LogP contribution in [0.25, 0.3) is 11.0 Å². The van der Waals surface area contributed by atoms with Gasteiger partial charge in [-0.1, -0.05) is 12.1 Å². The van der Waals surface area contributed by atoms with Gasteiger partial charge in [0, 0.05) is 5.39 Å². The number of carbonyl (C=O) groups is 1. The lowest BCUT2D eigenvalue weighted by atomic mass is 10.2. The lowest BCUT2D eigenvalue weighted by molar-refractivity contribution is 0.0998. The van der Waals surface area contributed by atoms with E-state index in [1.807, 2.05) is 39.0 Å². The highest BCUT2D eigenvalue weighted by molar-refractivity contribution is 6.05. The highest BCUT2D eigenvalue weighted by Crippen LogP contribution is 2.22. The van der Waals surface area contributed by atoms with Crippen LogP contribution >= 0.6 is 0 Å². The summed E-state index contributed by atoms with van der Waals surface area (Å²) in [5, 5.41) is 10.6. The third-order valence-electron chi connectivity index (χ3n) is 3.27. The quantitative estimate of drug-likeness (QED) is 0.749. The number of aromatic amines is 1. The maximum absolute atomic E-state index is 12.2. The van der Waals surface area contributed by atoms with Crippen LogP contribution in [0, 0.1) is 20.8 Å². The molecule has 0 atom stereocenters. The van der Waals surface area contributed by atoms with Crippen LogP contribution in [-0.2, 0) is 0 Å². The van der Waals surface area contributed by atoms with Gasteiger partial charge >= 0.3 is 0 Å². The number of nitrogens with one attached hydrogen (secondary N) is 2. The Balaban J connectivity index is 1.93. The van der Waals surface area contributed by atoms with E-state index in [1.54, 1.807) is 6.07 Å². The van der Waals surface area contributed by atoms with Gasteiger partial charge in [-0.3, -0.25) is 9.89 Å². The molecule has 2 heterocycles. The zero-order valence-electron chi connectivity index (χ0n) is 11.6. The molecule has 0 saturated carbocycles. The molecule has 3 aromatic rings. The Morgan fingerprint density at radius 2 is 2.05 bits per heavy atom. The van der Waals surface area contributed by atoms with E-state index < -0.39 is 0 Å². The van der Waals surface area contributed by atoms with Gasteiger partial charge in [0.05, 0.1) is 17.1 Å². The topological polar surface area (TPSA) is 70.9 Å². The van der Waals surface area contributed by atoms with Gasteiger partial charge in [-0.15, -0.1) is 0 Å². The van der Waals surface area contributed by atoms with Gasteiger partial charge in [0.2, 0.25) is 0 Å². The molecule has 3 rings (SSSR count). The number of amides is 1. The molecule has 0 aliphatic rings. The van der Waals surface area contributed by atoms with Crippen molar-refractivity contribution in [2.24, 2.45) is 0 Å². The van der Waals surface area contributed by atoms with Crippen molar-refractivity contribution in [1.82, 2.24) is 10.2 Å². The van der Waals surface area contributed by atoms with Crippen LogP contribution in [0.3, 0.4) is 0 Å². The van der Waals surface area contributed by atoms with E-state index in [0.717, 1.165) is 27.9 Å². The van der Waals surface area contributed by atoms with Crippen LogP contribution in [0.4, 0.5) is 5.69 Å². The van der Waals surface area contributed by atoms with Gasteiger partial charge in [0.15, 0.2) is 5.76 Å². The molecule has 20 heavy (non-hydrogen) atoms. The van der Waals surface area contributed by atoms with Crippen LogP contribution in [0.2, 0.25) is 0 Å². The summed E-state index contributed by atoms with van der Waals surface area (Å²) in [7, 11) is 0. The largest absolute Gasteiger partial charge is 0.451 e. The summed E-state index contributed by atoms with van der Waals surface area (Å²) in [6, 6.07) is 7.60. The molecule has 102 valence electrons. The van der Waals surface area contributed by atoms with Crippen LogP contribution in [-0.4, -0.2) is 16.1 Å². The van der Waals surface area contributed by atoms with E-state index in [0.29, 0.717) is 11.4 Å². The summed E-state index contributed by atoms with van der Waals surface area (Å²) >= 11 is 0. The molecule has 1 amide bonds. The molecule has 2 aromatic heterocycles. The van der Waals surface area contributed by atoms with Gasteiger partial charge in [0.1, 0.15) is 5.58 Å². The highest BCUT2D eigenvalue weighted by Gasteiger charge is 2.15. The summed E-state index contributed by atoms with van der Waals surface area (Å²) in [6.07, 6.45) is 0. The molecule has 0 saturated heterocycles. The first-order valence-electron chi connectivity index (χ1n) is 6.37. The first-order valence-corrected chi connectivity index (χ1v) is 6.37. The molecule has 0 fully saturated rings. The van der Waals surface area contributed by atoms with Gasteiger partial charge in [-0.2, -0.15) is 5.10 Å². The Labute approximate surface area is 116 Å². The maximum atomic E-state index is 12.2. The lowest BCUT2D eigenvalue weighted by Crippen LogP contribution is -2.11. The third-order valence-corrected chi connectivity index (χ3v) is 3.27. The number of nitrogens with zero attached hydrogens (tertiary/aromatic N) is 1. The van der Waals surface area contributed by atoms with Gasteiger partial charge in [-0.25, -0.2) is 0 Å². The van der Waals surface area contributed by atoms with Crippen LogP contribution in [0.15, 0.2) is 28.7 Å². The van der Waals surface area contributed by atoms with Crippen molar-refractivity contribution in [1.29, 1.82) is 0 Å². The number of benzene rings is 1. The smallest absolute Gasteiger partial charge is 0.291 e. The number of furan rings is 1. The first-order chi connectivity index (χ1) is 9.54. The zero-order valence-corrected chi connectivity index (χ0v) is 11.6. The molecule has 0 aliphatic heterocycles. The van der Waals surface area contributed by atoms with Crippen molar-refractivity contribution in [3.63, 3.8) is 0 Å². The first kappa shape index (κ1) is 12.5. The second-order valence-corrected chi connectivity index (χ2v) is 4.92. The number of anilines is 1. The van der Waals surface area contributed by atoms with Gasteiger partial charge in [-0.05, 0) is 38.5 Å². The minimum atomic E-state index is -0.272. The number of fused-ring (bicyclic) bond motifs is 1. The monoisotopic (exact) mass is 269 g/mol. The van der Waals surface area contributed by atoms with Crippen LogP contribution in [0.5, 0.6) is 0 Å². The predicted octanol–water partition coefficient (Wildman–Crippen LogP) is 3.33. The Bertz CT molecular complexity index is 779. The molecule has 2 N–H and O–H groups in total. The highest BCUT2D eigenvalue weighted by atomic mass is 16.3. The summed E-state index contributed by atoms with van der Waals surface area (Å²) in [6.45, 7) is 5.68. The molecule has 0 unspecified atom stereocenters. The van der Waals surface area contributed by atoms with E-state index in [4.69, 9.17) is 4.42 Å². The molecule has 0 aliphatic carbocycles. The fourth-order valence-electron chi connectivity index (χ4n) is 2.16. The van der Waals surface area contributed by atoms with Crippen molar-refractivity contribution >= 4 is 22.6 Å². The average molecular weight is 269 g/mol. The summed E-state index contributed by atoms with van der Waals surface area (Å²) in [4.78, 5) is 12.2. The summed E-state index contributed by atoms with van der Waals surface area (Å²) in [5.74, 6) is 0.0250. The fraction of sp³-hybridized carbons (Fsp3) is 0.200. The van der Waals surface area contributed by atoms with E-state index in [2.05, 4.69) is 15.5 Å². The molecule has 1 aromatic carbocycles.